The summed E-state index contributed by atoms with van der Waals surface area (Å²) in [6.45, 7) is 11.1. The van der Waals surface area contributed by atoms with Crippen LogP contribution in [0.4, 0.5) is 0 Å². The molecular formula is C46H72O6. The van der Waals surface area contributed by atoms with Gasteiger partial charge in [0.15, 0.2) is 34.6 Å². The van der Waals surface area contributed by atoms with Gasteiger partial charge in [0, 0.05) is 22.3 Å². The zero-order chi connectivity index (χ0) is 37.2. The van der Waals surface area contributed by atoms with Crippen molar-refractivity contribution >= 4 is 11.6 Å². The highest BCUT2D eigenvalue weighted by Crippen LogP contribution is 2.40. The topological polar surface area (TPSA) is 71.1 Å². The first-order valence-corrected chi connectivity index (χ1v) is 21.5. The summed E-state index contributed by atoms with van der Waals surface area (Å²) in [5.74, 6) is 1.79. The van der Waals surface area contributed by atoms with Crippen molar-refractivity contribution in [2.45, 2.75) is 182 Å². The molecule has 0 atom stereocenters. The molecule has 292 valence electrons. The Balaban J connectivity index is 1.81. The molecule has 2 aromatic carbocycles. The van der Waals surface area contributed by atoms with E-state index in [1.807, 2.05) is 0 Å². The fourth-order valence-electron chi connectivity index (χ4n) is 6.87. The largest absolute Gasteiger partial charge is 0.490 e. The molecule has 0 aromatic heterocycles. The average Bonchev–Trinajstić information content (AvgIpc) is 3.15. The van der Waals surface area contributed by atoms with Gasteiger partial charge in [-0.15, -0.1) is 0 Å². The normalized spacial score (nSPS) is 12.2. The third-order valence-electron chi connectivity index (χ3n) is 10.2. The quantitative estimate of drug-likeness (QED) is 0.0598. The summed E-state index contributed by atoms with van der Waals surface area (Å²) in [6.07, 6.45) is 27.9. The lowest BCUT2D eigenvalue weighted by molar-refractivity contribution is 0.0977. The van der Waals surface area contributed by atoms with E-state index in [9.17, 15) is 9.59 Å². The van der Waals surface area contributed by atoms with Crippen LogP contribution >= 0.6 is 0 Å². The molecule has 0 heterocycles. The monoisotopic (exact) mass is 721 g/mol. The van der Waals surface area contributed by atoms with Gasteiger partial charge in [-0.1, -0.05) is 156 Å². The van der Waals surface area contributed by atoms with Crippen LogP contribution in [0.15, 0.2) is 24.3 Å². The fourth-order valence-corrected chi connectivity index (χ4v) is 6.87. The predicted octanol–water partition coefficient (Wildman–Crippen LogP) is 13.4. The minimum absolute atomic E-state index is 0.191. The predicted molar refractivity (Wildman–Crippen MR) is 215 cm³/mol. The van der Waals surface area contributed by atoms with E-state index in [-0.39, 0.29) is 11.6 Å². The lowest BCUT2D eigenvalue weighted by atomic mass is 9.83. The van der Waals surface area contributed by atoms with Crippen molar-refractivity contribution in [2.24, 2.45) is 0 Å². The first-order chi connectivity index (χ1) is 25.5. The van der Waals surface area contributed by atoms with Gasteiger partial charge < -0.3 is 18.9 Å². The third kappa shape index (κ3) is 15.1. The van der Waals surface area contributed by atoms with Crippen molar-refractivity contribution in [2.75, 3.05) is 26.4 Å². The van der Waals surface area contributed by atoms with Crippen LogP contribution in [-0.2, 0) is 0 Å². The lowest BCUT2D eigenvalue weighted by Gasteiger charge is -2.23. The molecule has 0 radical (unpaired) electrons. The molecule has 0 bridgehead atoms. The summed E-state index contributed by atoms with van der Waals surface area (Å²) in [6, 6.07) is 6.97. The molecule has 0 saturated heterocycles. The number of benzene rings is 2. The van der Waals surface area contributed by atoms with Crippen LogP contribution in [0.2, 0.25) is 0 Å². The Kier molecular flexibility index (Phi) is 22.3. The molecule has 0 amide bonds. The van der Waals surface area contributed by atoms with E-state index in [0.29, 0.717) is 71.7 Å². The number of hydrogen-bond donors (Lipinski definition) is 0. The number of unbranched alkanes of at least 4 members (excludes halogenated alkanes) is 20. The molecule has 0 N–H and O–H groups in total. The highest BCUT2D eigenvalue weighted by atomic mass is 16.5. The molecule has 0 spiro atoms. The van der Waals surface area contributed by atoms with E-state index in [4.69, 9.17) is 18.9 Å². The van der Waals surface area contributed by atoms with E-state index in [1.54, 1.807) is 24.3 Å². The van der Waals surface area contributed by atoms with Crippen molar-refractivity contribution in [3.8, 4) is 23.0 Å². The molecular weight excluding hydrogens is 649 g/mol. The highest BCUT2D eigenvalue weighted by Gasteiger charge is 2.33. The zero-order valence-electron chi connectivity index (χ0n) is 33.6. The van der Waals surface area contributed by atoms with Crippen molar-refractivity contribution in [1.82, 2.24) is 0 Å². The summed E-state index contributed by atoms with van der Waals surface area (Å²) in [4.78, 5) is 28.3. The number of fused-ring (bicyclic) bond motifs is 2. The average molecular weight is 721 g/mol. The minimum atomic E-state index is -0.191. The molecule has 2 aromatic rings. The molecule has 6 heteroatoms. The molecule has 1 aliphatic carbocycles. The maximum atomic E-state index is 14.2. The summed E-state index contributed by atoms with van der Waals surface area (Å²) in [5.41, 5.74) is 1.46. The van der Waals surface area contributed by atoms with Gasteiger partial charge in [-0.2, -0.15) is 0 Å². The second kappa shape index (κ2) is 26.7. The smallest absolute Gasteiger partial charge is 0.194 e. The van der Waals surface area contributed by atoms with Gasteiger partial charge in [0.25, 0.3) is 0 Å². The van der Waals surface area contributed by atoms with E-state index >= 15 is 0 Å². The van der Waals surface area contributed by atoms with Crippen LogP contribution in [0.25, 0.3) is 0 Å². The van der Waals surface area contributed by atoms with Gasteiger partial charge in [0.2, 0.25) is 0 Å². The van der Waals surface area contributed by atoms with Crippen molar-refractivity contribution in [1.29, 1.82) is 0 Å². The summed E-state index contributed by atoms with van der Waals surface area (Å²) in [5, 5.41) is 0. The van der Waals surface area contributed by atoms with Crippen LogP contribution in [0.3, 0.4) is 0 Å². The Morgan fingerprint density at radius 1 is 0.308 bits per heavy atom. The molecule has 3 rings (SSSR count). The molecule has 0 saturated carbocycles. The second-order valence-electron chi connectivity index (χ2n) is 14.8. The summed E-state index contributed by atoms with van der Waals surface area (Å²) < 4.78 is 25.1. The van der Waals surface area contributed by atoms with E-state index in [0.717, 1.165) is 51.4 Å². The number of ether oxygens (including phenoxy) is 4. The second-order valence-corrected chi connectivity index (χ2v) is 14.8. The Labute approximate surface area is 317 Å². The number of carbonyl (C=O) groups excluding carboxylic acids is 2. The van der Waals surface area contributed by atoms with E-state index < -0.39 is 0 Å². The minimum Gasteiger partial charge on any atom is -0.490 e. The van der Waals surface area contributed by atoms with Gasteiger partial charge in [0.05, 0.1) is 26.4 Å². The van der Waals surface area contributed by atoms with Gasteiger partial charge >= 0.3 is 0 Å². The van der Waals surface area contributed by atoms with Gasteiger partial charge in [-0.25, -0.2) is 0 Å². The zero-order valence-corrected chi connectivity index (χ0v) is 33.6. The van der Waals surface area contributed by atoms with E-state index in [2.05, 4.69) is 27.7 Å². The maximum Gasteiger partial charge on any atom is 0.194 e. The van der Waals surface area contributed by atoms with Crippen molar-refractivity contribution < 1.29 is 28.5 Å². The Bertz CT molecular complexity index is 1110. The molecule has 1 aliphatic rings. The van der Waals surface area contributed by atoms with Crippen LogP contribution < -0.4 is 18.9 Å². The highest BCUT2D eigenvalue weighted by molar-refractivity contribution is 6.29. The number of rotatable bonds is 32. The van der Waals surface area contributed by atoms with Crippen LogP contribution in [0.5, 0.6) is 23.0 Å². The van der Waals surface area contributed by atoms with Crippen LogP contribution in [-0.4, -0.2) is 38.0 Å². The standard InChI is InChI=1S/C46H72O6/c1-5-9-13-17-21-25-29-49-41-33-37-38(34-42(41)50-30-26-22-18-14-10-6-2)46(48)40-36-44(52-32-28-24-20-16-12-8-4)43(35-39(40)45(37)47)51-31-27-23-19-15-11-7-3/h33-36H,5-32H2,1-4H3. The Hall–Kier alpha value is -3.02. The number of hydrogen-bond acceptors (Lipinski definition) is 6. The Morgan fingerprint density at radius 3 is 0.712 bits per heavy atom. The lowest BCUT2D eigenvalue weighted by Crippen LogP contribution is -2.22. The molecule has 6 nitrogen and oxygen atoms in total. The first-order valence-electron chi connectivity index (χ1n) is 21.5. The van der Waals surface area contributed by atoms with Crippen LogP contribution in [0, 0.1) is 0 Å². The van der Waals surface area contributed by atoms with Crippen molar-refractivity contribution in [3.05, 3.63) is 46.5 Å². The Morgan fingerprint density at radius 2 is 0.500 bits per heavy atom. The first kappa shape index (κ1) is 43.4. The fraction of sp³-hybridized carbons (Fsp3) is 0.696. The summed E-state index contributed by atoms with van der Waals surface area (Å²) in [7, 11) is 0. The molecule has 0 aliphatic heterocycles. The SMILES string of the molecule is CCCCCCCCOc1cc2c(cc1OCCCCCCCC)C(=O)c1cc(OCCCCCCCC)c(OCCCCCCCC)cc1C2=O. The number of ketones is 2. The molecule has 0 fully saturated rings. The van der Waals surface area contributed by atoms with Crippen LogP contribution in [0.1, 0.15) is 214 Å². The van der Waals surface area contributed by atoms with Crippen molar-refractivity contribution in [3.63, 3.8) is 0 Å². The summed E-state index contributed by atoms with van der Waals surface area (Å²) >= 11 is 0. The third-order valence-corrected chi connectivity index (χ3v) is 10.2. The number of carbonyl (C=O) groups is 2. The van der Waals surface area contributed by atoms with E-state index in [1.165, 1.54) is 103 Å². The molecule has 52 heavy (non-hydrogen) atoms. The maximum absolute atomic E-state index is 14.2. The van der Waals surface area contributed by atoms with Gasteiger partial charge in [-0.3, -0.25) is 9.59 Å². The van der Waals surface area contributed by atoms with Gasteiger partial charge in [-0.05, 0) is 49.9 Å². The molecule has 0 unspecified atom stereocenters. The van der Waals surface area contributed by atoms with Gasteiger partial charge in [0.1, 0.15) is 0 Å².